The Labute approximate surface area is 112 Å². The highest BCUT2D eigenvalue weighted by Gasteiger charge is 2.21. The maximum absolute atomic E-state index is 12.0. The molecular formula is C10H19N5O3S. The monoisotopic (exact) mass is 289 g/mol. The lowest BCUT2D eigenvalue weighted by Crippen LogP contribution is -2.26. The third kappa shape index (κ3) is 4.21. The normalized spacial score (nSPS) is 12.8. The van der Waals surface area contributed by atoms with Crippen molar-refractivity contribution in [3.63, 3.8) is 0 Å². The summed E-state index contributed by atoms with van der Waals surface area (Å²) in [5.74, 6) is 0.143. The molecule has 19 heavy (non-hydrogen) atoms. The molecule has 0 aromatic carbocycles. The fraction of sp³-hybridized carbons (Fsp3) is 0.600. The molecule has 0 atom stereocenters. The number of nitrogens with one attached hydrogen (secondary N) is 2. The predicted octanol–water partition coefficient (Wildman–Crippen LogP) is 0.222. The van der Waals surface area contributed by atoms with Crippen LogP contribution in [0, 0.1) is 13.8 Å². The number of hydrogen-bond donors (Lipinski definition) is 4. The summed E-state index contributed by atoms with van der Waals surface area (Å²) in [6.07, 6.45) is 1.68. The standard InChI is InChI=1S/C10H19N5O3S/c1-7-10(8(2)14-13-7)19(17,18)12-6-4-3-5-9(11)15-16/h12,16H,3-6H2,1-2H3,(H2,11,15)(H,13,14). The summed E-state index contributed by atoms with van der Waals surface area (Å²) in [5.41, 5.74) is 6.27. The van der Waals surface area contributed by atoms with Gasteiger partial charge in [0.05, 0.1) is 11.4 Å². The molecule has 5 N–H and O–H groups in total. The SMILES string of the molecule is Cc1n[nH]c(C)c1S(=O)(=O)NCCCCC(N)=NO. The van der Waals surface area contributed by atoms with Crippen molar-refractivity contribution in [2.45, 2.75) is 38.0 Å². The second kappa shape index (κ2) is 6.53. The number of hydrogen-bond acceptors (Lipinski definition) is 5. The minimum Gasteiger partial charge on any atom is -0.409 e. The summed E-state index contributed by atoms with van der Waals surface area (Å²) in [7, 11) is -3.54. The zero-order chi connectivity index (χ0) is 14.5. The van der Waals surface area contributed by atoms with Gasteiger partial charge in [-0.15, -0.1) is 0 Å². The van der Waals surface area contributed by atoms with Crippen LogP contribution in [-0.4, -0.2) is 36.2 Å². The number of rotatable bonds is 7. The number of unbranched alkanes of at least 4 members (excludes halogenated alkanes) is 1. The van der Waals surface area contributed by atoms with Crippen LogP contribution in [0.5, 0.6) is 0 Å². The highest BCUT2D eigenvalue weighted by Crippen LogP contribution is 2.16. The largest absolute Gasteiger partial charge is 0.409 e. The fourth-order valence-corrected chi connectivity index (χ4v) is 3.14. The Morgan fingerprint density at radius 2 is 2.16 bits per heavy atom. The van der Waals surface area contributed by atoms with E-state index in [4.69, 9.17) is 10.9 Å². The first kappa shape index (κ1) is 15.4. The average molecular weight is 289 g/mol. The van der Waals surface area contributed by atoms with Gasteiger partial charge in [0.1, 0.15) is 10.7 Å². The summed E-state index contributed by atoms with van der Waals surface area (Å²) in [6, 6.07) is 0. The van der Waals surface area contributed by atoms with E-state index in [1.165, 1.54) is 0 Å². The van der Waals surface area contributed by atoms with Gasteiger partial charge in [0.2, 0.25) is 10.0 Å². The summed E-state index contributed by atoms with van der Waals surface area (Å²) in [6.45, 7) is 3.59. The second-order valence-corrected chi connectivity index (χ2v) is 5.91. The summed E-state index contributed by atoms with van der Waals surface area (Å²) >= 11 is 0. The summed E-state index contributed by atoms with van der Waals surface area (Å²) in [4.78, 5) is 0.198. The molecule has 0 aliphatic carbocycles. The molecule has 0 aliphatic rings. The van der Waals surface area contributed by atoms with E-state index in [1.807, 2.05) is 0 Å². The zero-order valence-electron chi connectivity index (χ0n) is 11.0. The number of sulfonamides is 1. The molecule has 1 aromatic rings. The van der Waals surface area contributed by atoms with Crippen molar-refractivity contribution in [3.05, 3.63) is 11.4 Å². The van der Waals surface area contributed by atoms with Gasteiger partial charge < -0.3 is 10.9 Å². The fourth-order valence-electron chi connectivity index (χ4n) is 1.70. The van der Waals surface area contributed by atoms with Crippen molar-refractivity contribution < 1.29 is 13.6 Å². The van der Waals surface area contributed by atoms with Gasteiger partial charge in [-0.2, -0.15) is 5.10 Å². The van der Waals surface area contributed by atoms with E-state index in [1.54, 1.807) is 13.8 Å². The molecule has 9 heteroatoms. The van der Waals surface area contributed by atoms with Crippen molar-refractivity contribution in [2.24, 2.45) is 10.9 Å². The predicted molar refractivity (Wildman–Crippen MR) is 70.5 cm³/mol. The van der Waals surface area contributed by atoms with Gasteiger partial charge in [0.15, 0.2) is 0 Å². The Kier molecular flexibility index (Phi) is 5.31. The maximum atomic E-state index is 12.0. The number of aromatic nitrogens is 2. The lowest BCUT2D eigenvalue weighted by molar-refractivity contribution is 0.316. The van der Waals surface area contributed by atoms with E-state index >= 15 is 0 Å². The van der Waals surface area contributed by atoms with Crippen LogP contribution in [0.15, 0.2) is 10.1 Å². The molecule has 0 unspecified atom stereocenters. The molecule has 8 nitrogen and oxygen atoms in total. The Morgan fingerprint density at radius 1 is 1.47 bits per heavy atom. The van der Waals surface area contributed by atoms with Gasteiger partial charge in [-0.25, -0.2) is 13.1 Å². The lowest BCUT2D eigenvalue weighted by atomic mass is 10.2. The smallest absolute Gasteiger partial charge is 0.244 e. The van der Waals surface area contributed by atoms with Crippen LogP contribution in [0.4, 0.5) is 0 Å². The van der Waals surface area contributed by atoms with Crippen molar-refractivity contribution in [1.82, 2.24) is 14.9 Å². The van der Waals surface area contributed by atoms with Crippen LogP contribution in [0.2, 0.25) is 0 Å². The number of H-pyrrole nitrogens is 1. The Bertz CT molecular complexity index is 530. The number of amidine groups is 1. The van der Waals surface area contributed by atoms with Gasteiger partial charge in [-0.05, 0) is 26.7 Å². The van der Waals surface area contributed by atoms with Crippen LogP contribution in [0.25, 0.3) is 0 Å². The third-order valence-corrected chi connectivity index (χ3v) is 4.33. The summed E-state index contributed by atoms with van der Waals surface area (Å²) < 4.78 is 26.6. The first-order valence-electron chi connectivity index (χ1n) is 5.86. The molecule has 0 aliphatic heterocycles. The lowest BCUT2D eigenvalue weighted by Gasteiger charge is -2.06. The highest BCUT2D eigenvalue weighted by molar-refractivity contribution is 7.89. The number of nitrogens with zero attached hydrogens (tertiary/aromatic N) is 2. The van der Waals surface area contributed by atoms with Crippen molar-refractivity contribution in [2.75, 3.05) is 6.54 Å². The van der Waals surface area contributed by atoms with Gasteiger partial charge in [-0.1, -0.05) is 5.16 Å². The number of aromatic amines is 1. The van der Waals surface area contributed by atoms with E-state index < -0.39 is 10.0 Å². The van der Waals surface area contributed by atoms with Crippen LogP contribution in [-0.2, 0) is 10.0 Å². The molecular weight excluding hydrogens is 270 g/mol. The van der Waals surface area contributed by atoms with Gasteiger partial charge >= 0.3 is 0 Å². The molecule has 0 amide bonds. The Hall–Kier alpha value is -1.61. The maximum Gasteiger partial charge on any atom is 0.244 e. The molecule has 108 valence electrons. The van der Waals surface area contributed by atoms with Gasteiger partial charge in [0, 0.05) is 13.0 Å². The molecule has 1 rings (SSSR count). The Morgan fingerprint density at radius 3 is 2.68 bits per heavy atom. The topological polar surface area (TPSA) is 133 Å². The van der Waals surface area contributed by atoms with E-state index in [0.717, 1.165) is 0 Å². The number of oxime groups is 1. The van der Waals surface area contributed by atoms with E-state index in [0.29, 0.717) is 37.2 Å². The van der Waals surface area contributed by atoms with Crippen molar-refractivity contribution in [3.8, 4) is 0 Å². The second-order valence-electron chi connectivity index (χ2n) is 4.21. The first-order chi connectivity index (χ1) is 8.88. The minimum absolute atomic E-state index is 0.143. The molecule has 0 saturated carbocycles. The van der Waals surface area contributed by atoms with Gasteiger partial charge in [-0.3, -0.25) is 5.10 Å². The number of aryl methyl sites for hydroxylation is 2. The zero-order valence-corrected chi connectivity index (χ0v) is 11.8. The quantitative estimate of drug-likeness (QED) is 0.187. The molecule has 0 saturated heterocycles. The minimum atomic E-state index is -3.54. The first-order valence-corrected chi connectivity index (χ1v) is 7.34. The van der Waals surface area contributed by atoms with E-state index in [-0.39, 0.29) is 10.7 Å². The number of nitrogens with two attached hydrogens (primary N) is 1. The van der Waals surface area contributed by atoms with E-state index in [2.05, 4.69) is 20.1 Å². The highest BCUT2D eigenvalue weighted by atomic mass is 32.2. The van der Waals surface area contributed by atoms with Crippen LogP contribution >= 0.6 is 0 Å². The van der Waals surface area contributed by atoms with Crippen LogP contribution in [0.1, 0.15) is 30.7 Å². The van der Waals surface area contributed by atoms with Crippen LogP contribution < -0.4 is 10.5 Å². The van der Waals surface area contributed by atoms with Crippen molar-refractivity contribution in [1.29, 1.82) is 0 Å². The van der Waals surface area contributed by atoms with Crippen LogP contribution in [0.3, 0.4) is 0 Å². The molecule has 0 fully saturated rings. The molecule has 1 aromatic heterocycles. The molecule has 1 heterocycles. The van der Waals surface area contributed by atoms with Crippen molar-refractivity contribution >= 4 is 15.9 Å². The average Bonchev–Trinajstić information content (AvgIpc) is 2.68. The van der Waals surface area contributed by atoms with E-state index in [9.17, 15) is 8.42 Å². The Balaban J connectivity index is 2.49. The molecule has 0 radical (unpaired) electrons. The molecule has 0 spiro atoms. The third-order valence-electron chi connectivity index (χ3n) is 2.61. The molecule has 0 bridgehead atoms. The van der Waals surface area contributed by atoms with Gasteiger partial charge in [0.25, 0.3) is 0 Å². The summed E-state index contributed by atoms with van der Waals surface area (Å²) in [5, 5.41) is 17.7.